The quantitative estimate of drug-likeness (QED) is 0.420. The minimum absolute atomic E-state index is 0.205. The Morgan fingerprint density at radius 2 is 1.72 bits per heavy atom. The summed E-state index contributed by atoms with van der Waals surface area (Å²) in [5.74, 6) is -3.81. The Kier molecular flexibility index (Phi) is 4.53. The van der Waals surface area contributed by atoms with Crippen LogP contribution in [0.4, 0.5) is 0 Å². The maximum atomic E-state index is 11.5. The molecular formula is C12H14O6. The van der Waals surface area contributed by atoms with Crippen LogP contribution in [0.2, 0.25) is 0 Å². The van der Waals surface area contributed by atoms with Gasteiger partial charge in [-0.3, -0.25) is 0 Å². The number of carbonyl (C=O) groups is 2. The molecule has 0 spiro atoms. The highest BCUT2D eigenvalue weighted by molar-refractivity contribution is 5.98. The number of aromatic hydroxyl groups is 2. The molecule has 98 valence electrons. The maximum Gasteiger partial charge on any atom is 0.342 e. The highest BCUT2D eigenvalue weighted by Gasteiger charge is 2.21. The minimum atomic E-state index is -1.39. The van der Waals surface area contributed by atoms with Gasteiger partial charge < -0.3 is 20.1 Å². The number of carboxylic acid groups (broad SMARTS) is 1. The minimum Gasteiger partial charge on any atom is -0.504 e. The van der Waals surface area contributed by atoms with Gasteiger partial charge in [0.05, 0.1) is 6.61 Å². The fourth-order valence-corrected chi connectivity index (χ4v) is 1.30. The third-order valence-electron chi connectivity index (χ3n) is 2.33. The van der Waals surface area contributed by atoms with Crippen molar-refractivity contribution in [1.29, 1.82) is 0 Å². The molecule has 1 rings (SSSR count). The van der Waals surface area contributed by atoms with Crippen molar-refractivity contribution in [2.75, 3.05) is 6.61 Å². The second kappa shape index (κ2) is 5.90. The summed E-state index contributed by atoms with van der Waals surface area (Å²) in [6, 6.07) is 2.14. The molecule has 0 unspecified atom stereocenters. The zero-order chi connectivity index (χ0) is 13.7. The molecule has 0 saturated carbocycles. The van der Waals surface area contributed by atoms with Gasteiger partial charge in [-0.05, 0) is 18.6 Å². The molecule has 6 heteroatoms. The summed E-state index contributed by atoms with van der Waals surface area (Å²) in [7, 11) is 0. The number of rotatable bonds is 5. The SMILES string of the molecule is CCCCOC(=O)c1ccc(C(=O)O)c(O)c1O. The largest absolute Gasteiger partial charge is 0.504 e. The Bertz CT molecular complexity index is 466. The summed E-state index contributed by atoms with van der Waals surface area (Å²) in [4.78, 5) is 22.2. The van der Waals surface area contributed by atoms with Gasteiger partial charge in [0.25, 0.3) is 0 Å². The second-order valence-corrected chi connectivity index (χ2v) is 3.65. The van der Waals surface area contributed by atoms with Crippen LogP contribution >= 0.6 is 0 Å². The van der Waals surface area contributed by atoms with Crippen LogP contribution < -0.4 is 0 Å². The number of unbranched alkanes of at least 4 members (excludes halogenated alkanes) is 1. The molecule has 0 aliphatic heterocycles. The number of esters is 1. The van der Waals surface area contributed by atoms with E-state index < -0.39 is 29.0 Å². The van der Waals surface area contributed by atoms with Crippen molar-refractivity contribution in [3.8, 4) is 11.5 Å². The first-order valence-corrected chi connectivity index (χ1v) is 5.44. The van der Waals surface area contributed by atoms with E-state index in [2.05, 4.69) is 0 Å². The van der Waals surface area contributed by atoms with E-state index in [0.29, 0.717) is 6.42 Å². The molecule has 0 heterocycles. The highest BCUT2D eigenvalue weighted by atomic mass is 16.5. The fourth-order valence-electron chi connectivity index (χ4n) is 1.30. The van der Waals surface area contributed by atoms with Crippen molar-refractivity contribution >= 4 is 11.9 Å². The molecule has 1 aromatic rings. The topological polar surface area (TPSA) is 104 Å². The number of phenols is 2. The Balaban J connectivity index is 2.94. The van der Waals surface area contributed by atoms with E-state index in [1.807, 2.05) is 6.92 Å². The summed E-state index contributed by atoms with van der Waals surface area (Å²) in [6.07, 6.45) is 1.54. The molecule has 1 aromatic carbocycles. The zero-order valence-corrected chi connectivity index (χ0v) is 9.84. The van der Waals surface area contributed by atoms with Crippen LogP contribution in [0.3, 0.4) is 0 Å². The average molecular weight is 254 g/mol. The van der Waals surface area contributed by atoms with Gasteiger partial charge in [0.1, 0.15) is 11.1 Å². The number of hydrogen-bond donors (Lipinski definition) is 3. The van der Waals surface area contributed by atoms with E-state index in [1.54, 1.807) is 0 Å². The second-order valence-electron chi connectivity index (χ2n) is 3.65. The van der Waals surface area contributed by atoms with Crippen molar-refractivity contribution in [2.45, 2.75) is 19.8 Å². The highest BCUT2D eigenvalue weighted by Crippen LogP contribution is 2.33. The Hall–Kier alpha value is -2.24. The predicted molar refractivity (Wildman–Crippen MR) is 61.9 cm³/mol. The van der Waals surface area contributed by atoms with Gasteiger partial charge in [-0.1, -0.05) is 13.3 Å². The number of carbonyl (C=O) groups excluding carboxylic acids is 1. The molecule has 0 aliphatic rings. The molecule has 18 heavy (non-hydrogen) atoms. The zero-order valence-electron chi connectivity index (χ0n) is 9.84. The molecule has 0 aromatic heterocycles. The molecular weight excluding hydrogens is 240 g/mol. The van der Waals surface area contributed by atoms with Crippen LogP contribution in [0.5, 0.6) is 11.5 Å². The van der Waals surface area contributed by atoms with E-state index in [1.165, 1.54) is 0 Å². The monoisotopic (exact) mass is 254 g/mol. The molecule has 0 saturated heterocycles. The van der Waals surface area contributed by atoms with Crippen molar-refractivity contribution in [3.63, 3.8) is 0 Å². The third kappa shape index (κ3) is 2.91. The number of phenolic OH excluding ortho intramolecular Hbond substituents is 1. The van der Waals surface area contributed by atoms with Crippen LogP contribution in [0.1, 0.15) is 40.5 Å². The average Bonchev–Trinajstić information content (AvgIpc) is 2.32. The first-order chi connectivity index (χ1) is 8.49. The van der Waals surface area contributed by atoms with Crippen molar-refractivity contribution in [3.05, 3.63) is 23.3 Å². The van der Waals surface area contributed by atoms with E-state index in [-0.39, 0.29) is 12.2 Å². The van der Waals surface area contributed by atoms with E-state index in [4.69, 9.17) is 9.84 Å². The molecule has 0 radical (unpaired) electrons. The standard InChI is InChI=1S/C12H14O6/c1-2-3-6-18-12(17)8-5-4-7(11(15)16)9(13)10(8)14/h4-5,13-14H,2-3,6H2,1H3,(H,15,16). The summed E-state index contributed by atoms with van der Waals surface area (Å²) in [6.45, 7) is 2.13. The van der Waals surface area contributed by atoms with Crippen LogP contribution in [0, 0.1) is 0 Å². The van der Waals surface area contributed by atoms with Crippen LogP contribution in [0.25, 0.3) is 0 Å². The van der Waals surface area contributed by atoms with Crippen LogP contribution in [0.15, 0.2) is 12.1 Å². The van der Waals surface area contributed by atoms with Gasteiger partial charge in [-0.15, -0.1) is 0 Å². The number of hydrogen-bond acceptors (Lipinski definition) is 5. The Morgan fingerprint density at radius 3 is 2.28 bits per heavy atom. The van der Waals surface area contributed by atoms with Crippen molar-refractivity contribution in [1.82, 2.24) is 0 Å². The number of ether oxygens (including phenoxy) is 1. The van der Waals surface area contributed by atoms with Gasteiger partial charge in [-0.25, -0.2) is 9.59 Å². The Morgan fingerprint density at radius 1 is 1.17 bits per heavy atom. The van der Waals surface area contributed by atoms with E-state index in [9.17, 15) is 19.8 Å². The first kappa shape index (κ1) is 13.8. The van der Waals surface area contributed by atoms with Gasteiger partial charge in [0.2, 0.25) is 0 Å². The lowest BCUT2D eigenvalue weighted by Gasteiger charge is -2.08. The van der Waals surface area contributed by atoms with E-state index >= 15 is 0 Å². The van der Waals surface area contributed by atoms with Gasteiger partial charge in [-0.2, -0.15) is 0 Å². The van der Waals surface area contributed by atoms with Crippen molar-refractivity contribution < 1.29 is 29.6 Å². The summed E-state index contributed by atoms with van der Waals surface area (Å²) in [5.41, 5.74) is -0.730. The fraction of sp³-hybridized carbons (Fsp3) is 0.333. The number of aromatic carboxylic acids is 1. The number of carboxylic acids is 1. The lowest BCUT2D eigenvalue weighted by Crippen LogP contribution is -2.08. The third-order valence-corrected chi connectivity index (χ3v) is 2.33. The molecule has 3 N–H and O–H groups in total. The smallest absolute Gasteiger partial charge is 0.342 e. The maximum absolute atomic E-state index is 11.5. The molecule has 0 fully saturated rings. The van der Waals surface area contributed by atoms with Crippen LogP contribution in [-0.2, 0) is 4.74 Å². The summed E-state index contributed by atoms with van der Waals surface area (Å²) >= 11 is 0. The molecule has 0 amide bonds. The predicted octanol–water partition coefficient (Wildman–Crippen LogP) is 1.75. The summed E-state index contributed by atoms with van der Waals surface area (Å²) < 4.78 is 4.85. The van der Waals surface area contributed by atoms with Gasteiger partial charge in [0, 0.05) is 0 Å². The molecule has 6 nitrogen and oxygen atoms in total. The number of benzene rings is 1. The van der Waals surface area contributed by atoms with E-state index in [0.717, 1.165) is 18.6 Å². The lowest BCUT2D eigenvalue weighted by atomic mass is 10.1. The Labute approximate surface area is 103 Å². The normalized spacial score (nSPS) is 10.1. The lowest BCUT2D eigenvalue weighted by molar-refractivity contribution is 0.0494. The van der Waals surface area contributed by atoms with Gasteiger partial charge >= 0.3 is 11.9 Å². The van der Waals surface area contributed by atoms with Gasteiger partial charge in [0.15, 0.2) is 11.5 Å². The first-order valence-electron chi connectivity index (χ1n) is 5.44. The van der Waals surface area contributed by atoms with Crippen molar-refractivity contribution in [2.24, 2.45) is 0 Å². The molecule has 0 atom stereocenters. The molecule has 0 aliphatic carbocycles. The molecule has 0 bridgehead atoms. The van der Waals surface area contributed by atoms with Crippen LogP contribution in [-0.4, -0.2) is 33.9 Å². The summed E-state index contributed by atoms with van der Waals surface area (Å²) in [5, 5.41) is 27.7.